The summed E-state index contributed by atoms with van der Waals surface area (Å²) in [6, 6.07) is 1.89. The zero-order chi connectivity index (χ0) is 12.6. The molecule has 0 saturated heterocycles. The average Bonchev–Trinajstić information content (AvgIpc) is 2.37. The second-order valence-electron chi connectivity index (χ2n) is 4.49. The van der Waals surface area contributed by atoms with Crippen LogP contribution in [0.25, 0.3) is 0 Å². The van der Waals surface area contributed by atoms with Crippen LogP contribution in [0.15, 0.2) is 0 Å². The molecule has 2 N–H and O–H groups in total. The summed E-state index contributed by atoms with van der Waals surface area (Å²) in [4.78, 5) is 11.3. The van der Waals surface area contributed by atoms with Crippen molar-refractivity contribution in [2.45, 2.75) is 36.9 Å². The molecule has 1 rings (SSSR count). The van der Waals surface area contributed by atoms with Gasteiger partial charge >= 0.3 is 0 Å². The number of thioether (sulfide) groups is 1. The van der Waals surface area contributed by atoms with Crippen LogP contribution in [-0.4, -0.2) is 36.5 Å². The predicted molar refractivity (Wildman–Crippen MR) is 70.8 cm³/mol. The van der Waals surface area contributed by atoms with Crippen LogP contribution in [-0.2, 0) is 4.79 Å². The average molecular weight is 255 g/mol. The molecule has 0 aromatic heterocycles. The maximum absolute atomic E-state index is 11.3. The normalized spacial score (nSPS) is 18.4. The largest absolute Gasteiger partial charge is 0.342 e. The molecule has 0 heterocycles. The highest BCUT2D eigenvalue weighted by Crippen LogP contribution is 2.37. The second-order valence-corrected chi connectivity index (χ2v) is 5.76. The number of nitriles is 1. The SMILES string of the molecule is CSC1(CNCC(=O)NCC#N)CCCCC1. The first kappa shape index (κ1) is 14.3. The van der Waals surface area contributed by atoms with Crippen molar-refractivity contribution in [3.8, 4) is 6.07 Å². The Labute approximate surface area is 108 Å². The van der Waals surface area contributed by atoms with Crippen molar-refractivity contribution < 1.29 is 4.79 Å². The Kier molecular flexibility index (Phi) is 6.38. The lowest BCUT2D eigenvalue weighted by molar-refractivity contribution is -0.120. The van der Waals surface area contributed by atoms with Crippen molar-refractivity contribution in [1.82, 2.24) is 10.6 Å². The fourth-order valence-corrected chi connectivity index (χ4v) is 3.20. The van der Waals surface area contributed by atoms with Crippen LogP contribution in [0.4, 0.5) is 0 Å². The first-order valence-electron chi connectivity index (χ1n) is 6.12. The number of rotatable bonds is 6. The molecular formula is C12H21N3OS. The smallest absolute Gasteiger partial charge is 0.234 e. The van der Waals surface area contributed by atoms with Gasteiger partial charge in [-0.05, 0) is 19.1 Å². The van der Waals surface area contributed by atoms with Gasteiger partial charge in [-0.2, -0.15) is 17.0 Å². The third-order valence-electron chi connectivity index (χ3n) is 3.30. The van der Waals surface area contributed by atoms with Crippen molar-refractivity contribution in [3.63, 3.8) is 0 Å². The second kappa shape index (κ2) is 7.57. The van der Waals surface area contributed by atoms with Gasteiger partial charge in [-0.1, -0.05) is 19.3 Å². The van der Waals surface area contributed by atoms with Gasteiger partial charge in [0.1, 0.15) is 6.54 Å². The van der Waals surface area contributed by atoms with Crippen molar-refractivity contribution >= 4 is 17.7 Å². The summed E-state index contributed by atoms with van der Waals surface area (Å²) in [5.41, 5.74) is 0. The molecular weight excluding hydrogens is 234 g/mol. The molecule has 0 aromatic carbocycles. The van der Waals surface area contributed by atoms with Gasteiger partial charge in [-0.3, -0.25) is 4.79 Å². The van der Waals surface area contributed by atoms with Crippen LogP contribution in [0, 0.1) is 11.3 Å². The van der Waals surface area contributed by atoms with Crippen LogP contribution < -0.4 is 10.6 Å². The standard InChI is InChI=1S/C12H21N3OS/c1-17-12(5-3-2-4-6-12)10-14-9-11(16)15-8-7-13/h14H,2-6,8-10H2,1H3,(H,15,16). The molecule has 17 heavy (non-hydrogen) atoms. The lowest BCUT2D eigenvalue weighted by atomic mass is 9.88. The van der Waals surface area contributed by atoms with E-state index in [0.29, 0.717) is 11.3 Å². The number of amides is 1. The third kappa shape index (κ3) is 4.97. The Balaban J connectivity index is 2.24. The fourth-order valence-electron chi connectivity index (χ4n) is 2.25. The predicted octanol–water partition coefficient (Wildman–Crippen LogP) is 1.28. The van der Waals surface area contributed by atoms with Crippen molar-refractivity contribution in [3.05, 3.63) is 0 Å². The molecule has 0 aromatic rings. The fraction of sp³-hybridized carbons (Fsp3) is 0.833. The number of nitrogens with one attached hydrogen (secondary N) is 2. The van der Waals surface area contributed by atoms with Gasteiger partial charge in [0.15, 0.2) is 0 Å². The molecule has 0 unspecified atom stereocenters. The molecule has 1 aliphatic carbocycles. The van der Waals surface area contributed by atoms with Crippen LogP contribution in [0.3, 0.4) is 0 Å². The molecule has 4 nitrogen and oxygen atoms in total. The van der Waals surface area contributed by atoms with Crippen LogP contribution >= 0.6 is 11.8 Å². The summed E-state index contributed by atoms with van der Waals surface area (Å²) >= 11 is 1.92. The minimum atomic E-state index is -0.0985. The number of carbonyl (C=O) groups excluding carboxylic acids is 1. The van der Waals surface area contributed by atoms with E-state index in [4.69, 9.17) is 5.26 Å². The van der Waals surface area contributed by atoms with Gasteiger partial charge in [0.2, 0.25) is 5.91 Å². The molecule has 0 atom stereocenters. The highest BCUT2D eigenvalue weighted by atomic mass is 32.2. The minimum Gasteiger partial charge on any atom is -0.342 e. The third-order valence-corrected chi connectivity index (χ3v) is 4.71. The van der Waals surface area contributed by atoms with E-state index >= 15 is 0 Å². The zero-order valence-corrected chi connectivity index (χ0v) is 11.2. The maximum Gasteiger partial charge on any atom is 0.234 e. The molecule has 0 bridgehead atoms. The number of nitrogens with zero attached hydrogens (tertiary/aromatic N) is 1. The first-order chi connectivity index (χ1) is 8.22. The van der Waals surface area contributed by atoms with Crippen LogP contribution in [0.2, 0.25) is 0 Å². The van der Waals surface area contributed by atoms with E-state index in [0.717, 1.165) is 6.54 Å². The van der Waals surface area contributed by atoms with E-state index < -0.39 is 0 Å². The van der Waals surface area contributed by atoms with E-state index in [2.05, 4.69) is 16.9 Å². The highest BCUT2D eigenvalue weighted by molar-refractivity contribution is 8.00. The van der Waals surface area contributed by atoms with Crippen LogP contribution in [0.5, 0.6) is 0 Å². The molecule has 96 valence electrons. The monoisotopic (exact) mass is 255 g/mol. The number of carbonyl (C=O) groups is 1. The van der Waals surface area contributed by atoms with Gasteiger partial charge in [0.05, 0.1) is 12.6 Å². The Morgan fingerprint density at radius 1 is 1.41 bits per heavy atom. The lowest BCUT2D eigenvalue weighted by Crippen LogP contribution is -2.43. The summed E-state index contributed by atoms with van der Waals surface area (Å²) in [5.74, 6) is -0.0985. The Morgan fingerprint density at radius 3 is 2.71 bits per heavy atom. The minimum absolute atomic E-state index is 0.0915. The first-order valence-corrected chi connectivity index (χ1v) is 7.34. The van der Waals surface area contributed by atoms with Crippen molar-refractivity contribution in [2.24, 2.45) is 0 Å². The number of hydrogen-bond donors (Lipinski definition) is 2. The lowest BCUT2D eigenvalue weighted by Gasteiger charge is -2.35. The molecule has 1 fully saturated rings. The van der Waals surface area contributed by atoms with Gasteiger partial charge in [-0.15, -0.1) is 0 Å². The summed E-state index contributed by atoms with van der Waals surface area (Å²) in [6.07, 6.45) is 8.56. The molecule has 0 aliphatic heterocycles. The van der Waals surface area contributed by atoms with E-state index in [1.54, 1.807) is 0 Å². The molecule has 1 saturated carbocycles. The van der Waals surface area contributed by atoms with Gasteiger partial charge < -0.3 is 10.6 Å². The highest BCUT2D eigenvalue weighted by Gasteiger charge is 2.30. The summed E-state index contributed by atoms with van der Waals surface area (Å²) < 4.78 is 0.313. The molecule has 0 spiro atoms. The van der Waals surface area contributed by atoms with Crippen molar-refractivity contribution in [2.75, 3.05) is 25.9 Å². The topological polar surface area (TPSA) is 64.9 Å². The van der Waals surface area contributed by atoms with E-state index in [9.17, 15) is 4.79 Å². The van der Waals surface area contributed by atoms with Gasteiger partial charge in [0.25, 0.3) is 0 Å². The molecule has 0 radical (unpaired) electrons. The van der Waals surface area contributed by atoms with Gasteiger partial charge in [-0.25, -0.2) is 0 Å². The van der Waals surface area contributed by atoms with E-state index in [1.807, 2.05) is 17.8 Å². The number of hydrogen-bond acceptors (Lipinski definition) is 4. The Hall–Kier alpha value is -0.730. The quantitative estimate of drug-likeness (QED) is 0.702. The van der Waals surface area contributed by atoms with Gasteiger partial charge in [0, 0.05) is 11.3 Å². The summed E-state index contributed by atoms with van der Waals surface area (Å²) in [7, 11) is 0. The zero-order valence-electron chi connectivity index (χ0n) is 10.4. The van der Waals surface area contributed by atoms with E-state index in [-0.39, 0.29) is 12.5 Å². The summed E-state index contributed by atoms with van der Waals surface area (Å²) in [6.45, 7) is 1.28. The Bertz CT molecular complexity index is 282. The maximum atomic E-state index is 11.3. The van der Waals surface area contributed by atoms with Crippen LogP contribution in [0.1, 0.15) is 32.1 Å². The molecule has 1 aliphatic rings. The molecule has 5 heteroatoms. The van der Waals surface area contributed by atoms with E-state index in [1.165, 1.54) is 32.1 Å². The Morgan fingerprint density at radius 2 is 2.12 bits per heavy atom. The van der Waals surface area contributed by atoms with Crippen molar-refractivity contribution in [1.29, 1.82) is 5.26 Å². The summed E-state index contributed by atoms with van der Waals surface area (Å²) in [5, 5.41) is 14.1. The molecule has 1 amide bonds.